The zero-order chi connectivity index (χ0) is 40.3. The molecule has 59 heavy (non-hydrogen) atoms. The number of para-hydroxylation sites is 2. The Morgan fingerprint density at radius 3 is 1.49 bits per heavy atom. The van der Waals surface area contributed by atoms with E-state index in [2.05, 4.69) is 20.2 Å². The fourth-order valence-corrected chi connectivity index (χ4v) is 5.80. The topological polar surface area (TPSA) is 142 Å². The Morgan fingerprint density at radius 1 is 0.576 bits per heavy atom. The maximum absolute atomic E-state index is 13.2. The van der Waals surface area contributed by atoms with Crippen LogP contribution < -0.4 is 5.73 Å². The Bertz CT molecular complexity index is 2600. The number of aromatic nitrogens is 6. The number of nitrogen functional groups attached to an aromatic ring is 1. The predicted molar refractivity (Wildman–Crippen MR) is 229 cm³/mol. The molecule has 0 radical (unpaired) electrons. The van der Waals surface area contributed by atoms with Gasteiger partial charge >= 0.3 is 5.97 Å². The molecule has 8 rings (SSSR count). The van der Waals surface area contributed by atoms with Gasteiger partial charge in [-0.15, -0.1) is 0 Å². The second-order valence-electron chi connectivity index (χ2n) is 12.1. The summed E-state index contributed by atoms with van der Waals surface area (Å²) in [4.78, 5) is 31.5. The molecule has 4 heterocycles. The minimum Gasteiger partial charge on any atom is -0.478 e. The van der Waals surface area contributed by atoms with E-state index in [9.17, 15) is 18.4 Å². The number of anilines is 1. The van der Waals surface area contributed by atoms with Crippen molar-refractivity contribution in [1.29, 1.82) is 0 Å². The highest BCUT2D eigenvalue weighted by atomic mass is 35.5. The van der Waals surface area contributed by atoms with Crippen LogP contribution in [0.1, 0.15) is 41.3 Å². The number of carboxylic acids is 1. The lowest BCUT2D eigenvalue weighted by Crippen LogP contribution is -2.09. The number of benzene rings is 4. The first-order valence-corrected chi connectivity index (χ1v) is 17.9. The fraction of sp³-hybridized carbons (Fsp3) is 0.0667. The molecule has 0 bridgehead atoms. The standard InChI is InChI=1S/C22H15ClFN3O.C14H11ClN4.C7H5FO2.2CH4/c23-18-5-1-2-7-21(18)27-17(13-20(26-27)19-6-3-4-12-25-19)14-22(28)15-8-10-16(24)11-9-15;15-10-5-1-2-7-13(10)19-14(16)9-12(18-19)11-6-3-4-8-17-11;8-6-3-1-5(2-4-6)7(9)10;;/h1-13H,14H2;1-9H,16H2;1-4H,(H,9,10);2*1H4. The maximum Gasteiger partial charge on any atom is 0.335 e. The molecular formula is C45H39Cl2F2N7O3. The molecule has 8 aromatic rings. The molecule has 0 saturated heterocycles. The molecule has 300 valence electrons. The number of ketones is 1. The molecule has 4 aromatic carbocycles. The summed E-state index contributed by atoms with van der Waals surface area (Å²) in [6.45, 7) is 0. The minimum atomic E-state index is -1.04. The number of nitrogens with zero attached hydrogens (tertiary/aromatic N) is 6. The van der Waals surface area contributed by atoms with Gasteiger partial charge in [-0.2, -0.15) is 10.2 Å². The number of pyridine rings is 2. The van der Waals surface area contributed by atoms with Crippen LogP contribution in [0.25, 0.3) is 34.2 Å². The lowest BCUT2D eigenvalue weighted by molar-refractivity contribution is 0.0696. The molecule has 0 atom stereocenters. The molecule has 14 heteroatoms. The average molecular weight is 835 g/mol. The van der Waals surface area contributed by atoms with Crippen molar-refractivity contribution in [2.45, 2.75) is 21.3 Å². The molecule has 0 aliphatic heterocycles. The van der Waals surface area contributed by atoms with Crippen LogP contribution in [0.5, 0.6) is 0 Å². The number of nitrogens with two attached hydrogens (primary N) is 1. The number of Topliss-reactive ketones (excluding diaryl/α,β-unsaturated/α-hetero) is 1. The van der Waals surface area contributed by atoms with Crippen molar-refractivity contribution in [2.24, 2.45) is 0 Å². The zero-order valence-corrected chi connectivity index (χ0v) is 31.3. The Labute approximate surface area is 350 Å². The van der Waals surface area contributed by atoms with Gasteiger partial charge in [-0.25, -0.2) is 22.9 Å². The van der Waals surface area contributed by atoms with Gasteiger partial charge in [0.1, 0.15) is 28.8 Å². The third-order valence-electron chi connectivity index (χ3n) is 8.13. The van der Waals surface area contributed by atoms with Crippen LogP contribution in [0.15, 0.2) is 158 Å². The molecular weight excluding hydrogens is 795 g/mol. The number of rotatable bonds is 8. The Morgan fingerprint density at radius 2 is 1.02 bits per heavy atom. The first kappa shape index (κ1) is 44.7. The van der Waals surface area contributed by atoms with E-state index < -0.39 is 11.8 Å². The third kappa shape index (κ3) is 11.5. The molecule has 4 aromatic heterocycles. The van der Waals surface area contributed by atoms with E-state index in [1.807, 2.05) is 78.9 Å². The van der Waals surface area contributed by atoms with Gasteiger partial charge in [0.05, 0.1) is 50.5 Å². The van der Waals surface area contributed by atoms with Crippen molar-refractivity contribution in [3.05, 3.63) is 196 Å². The van der Waals surface area contributed by atoms with Crippen LogP contribution in [0.3, 0.4) is 0 Å². The van der Waals surface area contributed by atoms with Gasteiger partial charge < -0.3 is 10.8 Å². The Hall–Kier alpha value is -7.02. The SMILES string of the molecule is C.C.Nc1cc(-c2ccccn2)nn1-c1ccccc1Cl.O=C(Cc1cc(-c2ccccn2)nn1-c1ccccc1Cl)c1ccc(F)cc1.O=C(O)c1ccc(F)cc1. The molecule has 0 spiro atoms. The predicted octanol–water partition coefficient (Wildman–Crippen LogP) is 11.1. The van der Waals surface area contributed by atoms with Crippen LogP contribution in [0.4, 0.5) is 14.6 Å². The van der Waals surface area contributed by atoms with Crippen LogP contribution in [-0.4, -0.2) is 46.4 Å². The van der Waals surface area contributed by atoms with E-state index >= 15 is 0 Å². The van der Waals surface area contributed by atoms with Gasteiger partial charge in [-0.3, -0.25) is 14.8 Å². The number of carbonyl (C=O) groups excluding carboxylic acids is 1. The van der Waals surface area contributed by atoms with Crippen molar-refractivity contribution < 1.29 is 23.5 Å². The largest absolute Gasteiger partial charge is 0.478 e. The maximum atomic E-state index is 13.2. The van der Waals surface area contributed by atoms with E-state index in [4.69, 9.17) is 34.0 Å². The summed E-state index contributed by atoms with van der Waals surface area (Å²) in [6, 6.07) is 39.7. The van der Waals surface area contributed by atoms with Gasteiger partial charge in [-0.1, -0.05) is 74.5 Å². The number of aromatic carboxylic acids is 1. The number of carboxylic acid groups (broad SMARTS) is 1. The van der Waals surface area contributed by atoms with Gasteiger partial charge in [0.15, 0.2) is 5.78 Å². The van der Waals surface area contributed by atoms with Gasteiger partial charge in [0, 0.05) is 24.0 Å². The van der Waals surface area contributed by atoms with Gasteiger partial charge in [0.2, 0.25) is 0 Å². The molecule has 3 N–H and O–H groups in total. The monoisotopic (exact) mass is 833 g/mol. The summed E-state index contributed by atoms with van der Waals surface area (Å²) < 4.78 is 28.6. The Kier molecular flexibility index (Phi) is 15.9. The summed E-state index contributed by atoms with van der Waals surface area (Å²) in [5.74, 6) is -1.46. The van der Waals surface area contributed by atoms with E-state index in [-0.39, 0.29) is 38.4 Å². The quantitative estimate of drug-likeness (QED) is 0.144. The van der Waals surface area contributed by atoms with Crippen molar-refractivity contribution in [3.63, 3.8) is 0 Å². The highest BCUT2D eigenvalue weighted by Crippen LogP contribution is 2.27. The Balaban J connectivity index is 0.000000214. The number of halogens is 4. The van der Waals surface area contributed by atoms with Crippen LogP contribution in [0.2, 0.25) is 10.0 Å². The molecule has 0 unspecified atom stereocenters. The van der Waals surface area contributed by atoms with E-state index in [1.165, 1.54) is 36.4 Å². The number of carbonyl (C=O) groups is 2. The molecule has 0 saturated carbocycles. The van der Waals surface area contributed by atoms with E-state index in [0.29, 0.717) is 44.2 Å². The van der Waals surface area contributed by atoms with Crippen molar-refractivity contribution in [1.82, 2.24) is 29.5 Å². The van der Waals surface area contributed by atoms with Gasteiger partial charge in [-0.05, 0) is 103 Å². The lowest BCUT2D eigenvalue weighted by Gasteiger charge is -2.09. The summed E-state index contributed by atoms with van der Waals surface area (Å²) in [6.07, 6.45) is 3.50. The van der Waals surface area contributed by atoms with E-state index in [0.717, 1.165) is 29.2 Å². The second kappa shape index (κ2) is 20.9. The van der Waals surface area contributed by atoms with Crippen LogP contribution in [-0.2, 0) is 6.42 Å². The zero-order valence-electron chi connectivity index (χ0n) is 29.8. The number of hydrogen-bond donors (Lipinski definition) is 2. The summed E-state index contributed by atoms with van der Waals surface area (Å²) in [5, 5.41) is 18.6. The average Bonchev–Trinajstić information content (AvgIpc) is 3.83. The van der Waals surface area contributed by atoms with Crippen LogP contribution in [0, 0.1) is 11.6 Å². The van der Waals surface area contributed by atoms with Crippen molar-refractivity contribution in [2.75, 3.05) is 5.73 Å². The fourth-order valence-electron chi connectivity index (χ4n) is 5.36. The first-order chi connectivity index (χ1) is 27.6. The summed E-state index contributed by atoms with van der Waals surface area (Å²) in [7, 11) is 0. The smallest absolute Gasteiger partial charge is 0.335 e. The second-order valence-corrected chi connectivity index (χ2v) is 12.9. The summed E-state index contributed by atoms with van der Waals surface area (Å²) in [5.41, 5.74) is 11.5. The van der Waals surface area contributed by atoms with Crippen molar-refractivity contribution >= 4 is 40.8 Å². The number of hydrogen-bond acceptors (Lipinski definition) is 7. The molecule has 0 amide bonds. The summed E-state index contributed by atoms with van der Waals surface area (Å²) >= 11 is 12.5. The molecule has 0 aliphatic rings. The highest BCUT2D eigenvalue weighted by molar-refractivity contribution is 6.32. The van der Waals surface area contributed by atoms with Crippen LogP contribution >= 0.6 is 23.2 Å². The highest BCUT2D eigenvalue weighted by Gasteiger charge is 2.18. The molecule has 10 nitrogen and oxygen atoms in total. The minimum absolute atomic E-state index is 0. The third-order valence-corrected chi connectivity index (χ3v) is 8.77. The molecule has 0 fully saturated rings. The lowest BCUT2D eigenvalue weighted by atomic mass is 10.1. The first-order valence-electron chi connectivity index (χ1n) is 17.1. The van der Waals surface area contributed by atoms with Gasteiger partial charge in [0.25, 0.3) is 0 Å². The van der Waals surface area contributed by atoms with Crippen molar-refractivity contribution in [3.8, 4) is 34.2 Å². The molecule has 0 aliphatic carbocycles. The van der Waals surface area contributed by atoms with E-state index in [1.54, 1.807) is 40.0 Å². The normalized spacial score (nSPS) is 10.1.